The van der Waals surface area contributed by atoms with E-state index in [1.807, 2.05) is 6.20 Å². The molecule has 1 atom stereocenters. The van der Waals surface area contributed by atoms with Crippen LogP contribution in [0, 0.1) is 5.82 Å². The molecule has 0 bridgehead atoms. The first kappa shape index (κ1) is 14.0. The molecule has 1 aliphatic rings. The second kappa shape index (κ2) is 6.22. The third-order valence-corrected chi connectivity index (χ3v) is 3.85. The van der Waals surface area contributed by atoms with Crippen LogP contribution >= 0.6 is 0 Å². The number of halogens is 1. The molecule has 0 amide bonds. The van der Waals surface area contributed by atoms with E-state index in [2.05, 4.69) is 15.6 Å². The molecule has 0 aliphatic carbocycles. The molecule has 1 unspecified atom stereocenters. The van der Waals surface area contributed by atoms with Gasteiger partial charge in [0.15, 0.2) is 0 Å². The summed E-state index contributed by atoms with van der Waals surface area (Å²) in [6.45, 7) is 2.47. The van der Waals surface area contributed by atoms with Gasteiger partial charge in [-0.25, -0.2) is 9.07 Å². The van der Waals surface area contributed by atoms with Crippen LogP contribution in [-0.4, -0.2) is 35.2 Å². The highest BCUT2D eigenvalue weighted by Crippen LogP contribution is 2.23. The number of nitrogens with zero attached hydrogens (tertiary/aromatic N) is 3. The van der Waals surface area contributed by atoms with Gasteiger partial charge in [-0.2, -0.15) is 0 Å². The first-order valence-electron chi connectivity index (χ1n) is 7.19. The third kappa shape index (κ3) is 3.21. The maximum Gasteiger partial charge on any atom is 0.124 e. The Morgan fingerprint density at radius 3 is 3.14 bits per heavy atom. The average Bonchev–Trinajstić information content (AvgIpc) is 2.97. The Hall–Kier alpha value is -1.95. The van der Waals surface area contributed by atoms with Gasteiger partial charge < -0.3 is 10.1 Å². The zero-order valence-electron chi connectivity index (χ0n) is 12.1. The van der Waals surface area contributed by atoms with E-state index in [1.165, 1.54) is 12.1 Å². The predicted octanol–water partition coefficient (Wildman–Crippen LogP) is 1.94. The van der Waals surface area contributed by atoms with Crippen molar-refractivity contribution in [3.63, 3.8) is 0 Å². The summed E-state index contributed by atoms with van der Waals surface area (Å²) >= 11 is 0. The summed E-state index contributed by atoms with van der Waals surface area (Å²) in [5, 5.41) is 11.8. The van der Waals surface area contributed by atoms with Crippen LogP contribution in [0.4, 0.5) is 4.39 Å². The molecule has 0 saturated carbocycles. The topological polar surface area (TPSA) is 52.0 Å². The minimum absolute atomic E-state index is 0.275. The average molecular weight is 290 g/mol. The van der Waals surface area contributed by atoms with E-state index in [0.717, 1.165) is 37.2 Å². The van der Waals surface area contributed by atoms with Crippen LogP contribution in [0.25, 0.3) is 0 Å². The van der Waals surface area contributed by atoms with Crippen molar-refractivity contribution in [3.05, 3.63) is 41.5 Å². The van der Waals surface area contributed by atoms with E-state index in [1.54, 1.807) is 17.9 Å². The van der Waals surface area contributed by atoms with Crippen LogP contribution in [0.2, 0.25) is 0 Å². The Kier molecular flexibility index (Phi) is 4.15. The Morgan fingerprint density at radius 2 is 2.38 bits per heavy atom. The van der Waals surface area contributed by atoms with Crippen LogP contribution in [0.3, 0.4) is 0 Å². The molecule has 1 saturated heterocycles. The summed E-state index contributed by atoms with van der Waals surface area (Å²) in [6.07, 6.45) is 4.24. The molecular weight excluding hydrogens is 271 g/mol. The molecule has 2 aromatic rings. The highest BCUT2D eigenvalue weighted by atomic mass is 19.1. The van der Waals surface area contributed by atoms with E-state index < -0.39 is 0 Å². The monoisotopic (exact) mass is 290 g/mol. The SMILES string of the molecule is COc1ccc(F)cc1Cn1cc(C2CCCNC2)nn1. The van der Waals surface area contributed by atoms with Gasteiger partial charge in [-0.05, 0) is 37.6 Å². The Labute approximate surface area is 123 Å². The van der Waals surface area contributed by atoms with Crippen molar-refractivity contribution in [2.75, 3.05) is 20.2 Å². The van der Waals surface area contributed by atoms with Crippen molar-refractivity contribution in [3.8, 4) is 5.75 Å². The van der Waals surface area contributed by atoms with Crippen LogP contribution in [0.15, 0.2) is 24.4 Å². The molecule has 1 fully saturated rings. The summed E-state index contributed by atoms with van der Waals surface area (Å²) in [7, 11) is 1.58. The fourth-order valence-electron chi connectivity index (χ4n) is 2.73. The fourth-order valence-corrected chi connectivity index (χ4v) is 2.73. The Balaban J connectivity index is 1.76. The largest absolute Gasteiger partial charge is 0.496 e. The lowest BCUT2D eigenvalue weighted by Gasteiger charge is -2.20. The van der Waals surface area contributed by atoms with Crippen LogP contribution < -0.4 is 10.1 Å². The lowest BCUT2D eigenvalue weighted by molar-refractivity contribution is 0.405. The first-order valence-corrected chi connectivity index (χ1v) is 7.19. The van der Waals surface area contributed by atoms with Crippen molar-refractivity contribution in [1.29, 1.82) is 0 Å². The number of nitrogens with one attached hydrogen (secondary N) is 1. The first-order chi connectivity index (χ1) is 10.3. The zero-order valence-corrected chi connectivity index (χ0v) is 12.1. The molecule has 3 rings (SSSR count). The second-order valence-corrected chi connectivity index (χ2v) is 5.34. The van der Waals surface area contributed by atoms with E-state index in [0.29, 0.717) is 18.2 Å². The quantitative estimate of drug-likeness (QED) is 0.935. The van der Waals surface area contributed by atoms with Gasteiger partial charge in [-0.1, -0.05) is 5.21 Å². The smallest absolute Gasteiger partial charge is 0.124 e. The number of hydrogen-bond acceptors (Lipinski definition) is 4. The summed E-state index contributed by atoms with van der Waals surface area (Å²) < 4.78 is 20.4. The number of methoxy groups -OCH3 is 1. The van der Waals surface area contributed by atoms with Crippen molar-refractivity contribution in [2.24, 2.45) is 0 Å². The molecule has 1 aromatic carbocycles. The Bertz CT molecular complexity index is 607. The van der Waals surface area contributed by atoms with E-state index in [4.69, 9.17) is 4.74 Å². The van der Waals surface area contributed by atoms with E-state index >= 15 is 0 Å². The van der Waals surface area contributed by atoms with Gasteiger partial charge in [0.1, 0.15) is 11.6 Å². The predicted molar refractivity (Wildman–Crippen MR) is 76.9 cm³/mol. The lowest BCUT2D eigenvalue weighted by Crippen LogP contribution is -2.28. The van der Waals surface area contributed by atoms with Crippen LogP contribution in [0.1, 0.15) is 30.0 Å². The molecule has 0 radical (unpaired) electrons. The minimum Gasteiger partial charge on any atom is -0.496 e. The molecule has 112 valence electrons. The molecule has 21 heavy (non-hydrogen) atoms. The fraction of sp³-hybridized carbons (Fsp3) is 0.467. The number of ether oxygens (including phenoxy) is 1. The second-order valence-electron chi connectivity index (χ2n) is 5.34. The summed E-state index contributed by atoms with van der Waals surface area (Å²) in [5.74, 6) is 0.803. The Morgan fingerprint density at radius 1 is 1.48 bits per heavy atom. The molecule has 1 aliphatic heterocycles. The van der Waals surface area contributed by atoms with Crippen molar-refractivity contribution in [2.45, 2.75) is 25.3 Å². The molecular formula is C15H19FN4O. The molecule has 5 nitrogen and oxygen atoms in total. The highest BCUT2D eigenvalue weighted by molar-refractivity contribution is 5.34. The van der Waals surface area contributed by atoms with E-state index in [-0.39, 0.29) is 5.82 Å². The minimum atomic E-state index is -0.275. The number of aromatic nitrogens is 3. The number of piperidine rings is 1. The lowest BCUT2D eigenvalue weighted by atomic mass is 9.97. The number of hydrogen-bond donors (Lipinski definition) is 1. The zero-order chi connectivity index (χ0) is 14.7. The summed E-state index contributed by atoms with van der Waals surface area (Å²) in [4.78, 5) is 0. The number of rotatable bonds is 4. The molecule has 6 heteroatoms. The van der Waals surface area contributed by atoms with Gasteiger partial charge >= 0.3 is 0 Å². The molecule has 1 N–H and O–H groups in total. The van der Waals surface area contributed by atoms with Gasteiger partial charge in [-0.3, -0.25) is 0 Å². The third-order valence-electron chi connectivity index (χ3n) is 3.85. The van der Waals surface area contributed by atoms with Gasteiger partial charge in [0.2, 0.25) is 0 Å². The highest BCUT2D eigenvalue weighted by Gasteiger charge is 2.18. The van der Waals surface area contributed by atoms with Crippen molar-refractivity contribution in [1.82, 2.24) is 20.3 Å². The molecule has 2 heterocycles. The van der Waals surface area contributed by atoms with Gasteiger partial charge in [0.05, 0.1) is 19.3 Å². The maximum atomic E-state index is 13.4. The van der Waals surface area contributed by atoms with Crippen LogP contribution in [0.5, 0.6) is 5.75 Å². The maximum absolute atomic E-state index is 13.4. The summed E-state index contributed by atoms with van der Waals surface area (Å²) in [5.41, 5.74) is 1.76. The normalized spacial score (nSPS) is 18.7. The van der Waals surface area contributed by atoms with Crippen molar-refractivity contribution >= 4 is 0 Å². The van der Waals surface area contributed by atoms with Crippen LogP contribution in [-0.2, 0) is 6.54 Å². The van der Waals surface area contributed by atoms with Gasteiger partial charge in [-0.15, -0.1) is 5.10 Å². The molecule has 0 spiro atoms. The van der Waals surface area contributed by atoms with E-state index in [9.17, 15) is 4.39 Å². The van der Waals surface area contributed by atoms with Gasteiger partial charge in [0, 0.05) is 24.2 Å². The van der Waals surface area contributed by atoms with Gasteiger partial charge in [0.25, 0.3) is 0 Å². The summed E-state index contributed by atoms with van der Waals surface area (Å²) in [6, 6.07) is 4.50. The van der Waals surface area contributed by atoms with Crippen molar-refractivity contribution < 1.29 is 9.13 Å². The number of benzene rings is 1. The standard InChI is InChI=1S/C15H19FN4O/c1-21-15-5-4-13(16)7-12(15)9-20-10-14(18-19-20)11-3-2-6-17-8-11/h4-5,7,10-11,17H,2-3,6,8-9H2,1H3. The molecule has 1 aromatic heterocycles.